The molecule has 3 aromatic carbocycles. The van der Waals surface area contributed by atoms with Gasteiger partial charge in [0.05, 0.1) is 5.56 Å². The first-order chi connectivity index (χ1) is 17.1. The molecule has 1 aromatic heterocycles. The third-order valence-electron chi connectivity index (χ3n) is 6.75. The fourth-order valence-electron chi connectivity index (χ4n) is 4.70. The lowest BCUT2D eigenvalue weighted by Gasteiger charge is -2.34. The fraction of sp³-hybridized carbons (Fsp3) is 0.233. The molecule has 1 saturated heterocycles. The molecule has 0 atom stereocenters. The van der Waals surface area contributed by atoms with Crippen LogP contribution in [0.4, 0.5) is 0 Å². The van der Waals surface area contributed by atoms with Crippen molar-refractivity contribution in [2.45, 2.75) is 13.5 Å². The number of fused-ring (bicyclic) bond motifs is 1. The zero-order valence-electron chi connectivity index (χ0n) is 19.9. The summed E-state index contributed by atoms with van der Waals surface area (Å²) < 4.78 is 0. The summed E-state index contributed by atoms with van der Waals surface area (Å²) in [6.07, 6.45) is 1.88. The Hall–Kier alpha value is -3.85. The molecule has 1 aliphatic rings. The first-order valence-corrected chi connectivity index (χ1v) is 12.1. The van der Waals surface area contributed by atoms with Crippen LogP contribution in [0.1, 0.15) is 34.0 Å². The number of hydrogen-bond donors (Lipinski definition) is 2. The number of rotatable bonds is 5. The Morgan fingerprint density at radius 2 is 1.71 bits per heavy atom. The normalized spacial score (nSPS) is 14.5. The fourth-order valence-corrected chi connectivity index (χ4v) is 4.70. The average molecular weight is 464 g/mol. The van der Waals surface area contributed by atoms with E-state index in [0.717, 1.165) is 61.3 Å². The highest BCUT2D eigenvalue weighted by Gasteiger charge is 2.16. The first kappa shape index (κ1) is 22.9. The van der Waals surface area contributed by atoms with Crippen LogP contribution in [0.2, 0.25) is 0 Å². The van der Waals surface area contributed by atoms with E-state index in [2.05, 4.69) is 57.8 Å². The van der Waals surface area contributed by atoms with Crippen molar-refractivity contribution < 1.29 is 9.90 Å². The van der Waals surface area contributed by atoms with Crippen LogP contribution in [0.25, 0.3) is 22.0 Å². The zero-order chi connectivity index (χ0) is 24.2. The van der Waals surface area contributed by atoms with Crippen molar-refractivity contribution in [3.05, 3.63) is 95.2 Å². The lowest BCUT2D eigenvalue weighted by molar-refractivity contribution is 0.0697. The summed E-state index contributed by atoms with van der Waals surface area (Å²) in [6, 6.07) is 21.6. The van der Waals surface area contributed by atoms with Gasteiger partial charge in [0, 0.05) is 61.1 Å². The van der Waals surface area contributed by atoms with E-state index >= 15 is 0 Å². The molecule has 4 aromatic rings. The van der Waals surface area contributed by atoms with Crippen molar-refractivity contribution in [3.63, 3.8) is 0 Å². The summed E-state index contributed by atoms with van der Waals surface area (Å²) in [5, 5.41) is 10.9. The number of carbonyl (C=O) groups is 1. The Balaban J connectivity index is 1.39. The highest BCUT2D eigenvalue weighted by molar-refractivity contribution is 5.99. The van der Waals surface area contributed by atoms with Crippen LogP contribution in [0.5, 0.6) is 0 Å². The molecule has 0 aliphatic carbocycles. The standard InChI is InChI=1S/C30H29N3O2/c1-2-32-16-18-33(19-17-32)21-23-8-6-22(7-9-23)10-11-25-4-3-5-27(30(34)35)29(25)26-13-12-24-14-15-31-28(24)20-26/h3-9,12-15,20,31H,2,16-19,21H2,1H3,(H,34,35). The molecular formula is C30H29N3O2. The van der Waals surface area contributed by atoms with Crippen molar-refractivity contribution >= 4 is 16.9 Å². The maximum atomic E-state index is 12.0. The van der Waals surface area contributed by atoms with Crippen molar-refractivity contribution in [1.29, 1.82) is 0 Å². The Kier molecular flexibility index (Phi) is 6.67. The number of likely N-dealkylation sites (N-methyl/N-ethyl adjacent to an activating group) is 1. The van der Waals surface area contributed by atoms with Gasteiger partial charge in [-0.05, 0) is 59.5 Å². The van der Waals surface area contributed by atoms with Gasteiger partial charge in [0.15, 0.2) is 0 Å². The maximum absolute atomic E-state index is 12.0. The molecule has 0 unspecified atom stereocenters. The molecule has 5 rings (SSSR count). The minimum Gasteiger partial charge on any atom is -0.478 e. The van der Waals surface area contributed by atoms with Crippen molar-refractivity contribution in [2.75, 3.05) is 32.7 Å². The highest BCUT2D eigenvalue weighted by atomic mass is 16.4. The van der Waals surface area contributed by atoms with Crippen molar-refractivity contribution in [3.8, 4) is 23.0 Å². The molecule has 0 saturated carbocycles. The summed E-state index contributed by atoms with van der Waals surface area (Å²) in [7, 11) is 0. The quantitative estimate of drug-likeness (QED) is 0.406. The van der Waals surface area contributed by atoms with Crippen LogP contribution in [-0.4, -0.2) is 58.6 Å². The number of aromatic carboxylic acids is 1. The van der Waals surface area contributed by atoms with Gasteiger partial charge < -0.3 is 15.0 Å². The molecule has 0 radical (unpaired) electrons. The number of hydrogen-bond acceptors (Lipinski definition) is 3. The van der Waals surface area contributed by atoms with Crippen molar-refractivity contribution in [1.82, 2.24) is 14.8 Å². The molecule has 35 heavy (non-hydrogen) atoms. The van der Waals surface area contributed by atoms with Gasteiger partial charge in [-0.3, -0.25) is 4.90 Å². The van der Waals surface area contributed by atoms with Crippen molar-refractivity contribution in [2.24, 2.45) is 0 Å². The number of aromatic amines is 1. The lowest BCUT2D eigenvalue weighted by Crippen LogP contribution is -2.45. The number of carboxylic acid groups (broad SMARTS) is 1. The van der Waals surface area contributed by atoms with Gasteiger partial charge in [-0.1, -0.05) is 49.1 Å². The largest absolute Gasteiger partial charge is 0.478 e. The highest BCUT2D eigenvalue weighted by Crippen LogP contribution is 2.30. The molecule has 2 N–H and O–H groups in total. The summed E-state index contributed by atoms with van der Waals surface area (Å²) in [4.78, 5) is 20.2. The second-order valence-electron chi connectivity index (χ2n) is 8.97. The summed E-state index contributed by atoms with van der Waals surface area (Å²) in [5.74, 6) is 5.52. The summed E-state index contributed by atoms with van der Waals surface area (Å²) in [6.45, 7) is 8.77. The third kappa shape index (κ3) is 5.14. The van der Waals surface area contributed by atoms with E-state index in [1.165, 1.54) is 5.56 Å². The number of benzene rings is 3. The molecule has 2 heterocycles. The Bertz CT molecular complexity index is 1400. The average Bonchev–Trinajstić information content (AvgIpc) is 3.36. The molecule has 5 nitrogen and oxygen atoms in total. The number of piperazine rings is 1. The van der Waals surface area contributed by atoms with Gasteiger partial charge in [-0.15, -0.1) is 0 Å². The maximum Gasteiger partial charge on any atom is 0.336 e. The number of carboxylic acids is 1. The van der Waals surface area contributed by atoms with Gasteiger partial charge in [0.25, 0.3) is 0 Å². The van der Waals surface area contributed by atoms with E-state index < -0.39 is 5.97 Å². The van der Waals surface area contributed by atoms with E-state index in [0.29, 0.717) is 11.1 Å². The molecule has 1 fully saturated rings. The molecule has 0 bridgehead atoms. The summed E-state index contributed by atoms with van der Waals surface area (Å²) in [5.41, 5.74) is 5.60. The predicted molar refractivity (Wildman–Crippen MR) is 141 cm³/mol. The second-order valence-corrected chi connectivity index (χ2v) is 8.97. The van der Waals surface area contributed by atoms with Crippen LogP contribution in [0.15, 0.2) is 72.9 Å². The second kappa shape index (κ2) is 10.2. The summed E-state index contributed by atoms with van der Waals surface area (Å²) >= 11 is 0. The molecule has 1 aliphatic heterocycles. The Labute approximate surface area is 206 Å². The van der Waals surface area contributed by atoms with E-state index in [1.807, 2.05) is 36.5 Å². The predicted octanol–water partition coefficient (Wildman–Crippen LogP) is 5.07. The molecular weight excluding hydrogens is 434 g/mol. The van der Waals surface area contributed by atoms with Crippen LogP contribution >= 0.6 is 0 Å². The van der Waals surface area contributed by atoms with E-state index in [4.69, 9.17) is 0 Å². The zero-order valence-corrected chi connectivity index (χ0v) is 19.9. The number of aromatic nitrogens is 1. The topological polar surface area (TPSA) is 59.6 Å². The Morgan fingerprint density at radius 3 is 2.46 bits per heavy atom. The first-order valence-electron chi connectivity index (χ1n) is 12.1. The Morgan fingerprint density at radius 1 is 0.943 bits per heavy atom. The van der Waals surface area contributed by atoms with Crippen LogP contribution < -0.4 is 0 Å². The smallest absolute Gasteiger partial charge is 0.336 e. The number of nitrogens with one attached hydrogen (secondary N) is 1. The number of nitrogens with zero attached hydrogens (tertiary/aromatic N) is 2. The van der Waals surface area contributed by atoms with Crippen LogP contribution in [0, 0.1) is 11.8 Å². The lowest BCUT2D eigenvalue weighted by atomic mass is 9.93. The van der Waals surface area contributed by atoms with E-state index in [1.54, 1.807) is 12.1 Å². The van der Waals surface area contributed by atoms with E-state index in [-0.39, 0.29) is 5.56 Å². The van der Waals surface area contributed by atoms with Gasteiger partial charge >= 0.3 is 5.97 Å². The SMILES string of the molecule is CCN1CCN(Cc2ccc(C#Cc3cccc(C(=O)O)c3-c3ccc4cc[nH]c4c3)cc2)CC1. The molecule has 0 amide bonds. The van der Waals surface area contributed by atoms with Gasteiger partial charge in [-0.2, -0.15) is 0 Å². The van der Waals surface area contributed by atoms with Gasteiger partial charge in [0.2, 0.25) is 0 Å². The van der Waals surface area contributed by atoms with Gasteiger partial charge in [-0.25, -0.2) is 4.79 Å². The van der Waals surface area contributed by atoms with Crippen LogP contribution in [-0.2, 0) is 6.54 Å². The molecule has 176 valence electrons. The van der Waals surface area contributed by atoms with Crippen LogP contribution in [0.3, 0.4) is 0 Å². The van der Waals surface area contributed by atoms with Gasteiger partial charge in [0.1, 0.15) is 0 Å². The monoisotopic (exact) mass is 463 g/mol. The minimum absolute atomic E-state index is 0.251. The van der Waals surface area contributed by atoms with E-state index in [9.17, 15) is 9.90 Å². The molecule has 0 spiro atoms. The third-order valence-corrected chi connectivity index (χ3v) is 6.75. The molecule has 5 heteroatoms. The number of H-pyrrole nitrogens is 1. The minimum atomic E-state index is -0.959.